The Morgan fingerprint density at radius 2 is 1.94 bits per heavy atom. The maximum atomic E-state index is 12.4. The van der Waals surface area contributed by atoms with Gasteiger partial charge in [-0.1, -0.05) is 19.9 Å². The highest BCUT2D eigenvalue weighted by Crippen LogP contribution is 2.29. The Morgan fingerprint density at radius 3 is 2.39 bits per heavy atom. The number of pyridine rings is 1. The molecule has 0 fully saturated rings. The average Bonchev–Trinajstić information content (AvgIpc) is 2.77. The molecule has 0 saturated carbocycles. The van der Waals surface area contributed by atoms with Crippen LogP contribution >= 0.6 is 0 Å². The van der Waals surface area contributed by atoms with Gasteiger partial charge in [0.25, 0.3) is 0 Å². The summed E-state index contributed by atoms with van der Waals surface area (Å²) in [5.74, 6) is 0.348. The van der Waals surface area contributed by atoms with E-state index in [1.54, 1.807) is 0 Å². The van der Waals surface area contributed by atoms with Crippen LogP contribution in [0.4, 0.5) is 13.2 Å². The quantitative estimate of drug-likeness (QED) is 0.784. The first-order valence-corrected chi connectivity index (χ1v) is 5.69. The van der Waals surface area contributed by atoms with Crippen LogP contribution < -0.4 is 0 Å². The van der Waals surface area contributed by atoms with Gasteiger partial charge in [-0.25, -0.2) is 0 Å². The van der Waals surface area contributed by atoms with E-state index in [0.29, 0.717) is 17.2 Å². The molecule has 5 heteroatoms. The van der Waals surface area contributed by atoms with Crippen LogP contribution in [0.1, 0.15) is 31.5 Å². The van der Waals surface area contributed by atoms with Crippen molar-refractivity contribution in [2.24, 2.45) is 10.9 Å². The maximum Gasteiger partial charge on any atom is 0.433 e. The minimum absolute atomic E-state index is 0.348. The number of halogens is 3. The fraction of sp³-hybridized carbons (Fsp3) is 0.385. The zero-order valence-corrected chi connectivity index (χ0v) is 10.1. The SMILES string of the molecule is CC(C)C1=NC(c2ccc(C(F)(F)F)nc2)=CC1. The van der Waals surface area contributed by atoms with E-state index in [2.05, 4.69) is 9.98 Å². The third kappa shape index (κ3) is 2.60. The van der Waals surface area contributed by atoms with E-state index >= 15 is 0 Å². The van der Waals surface area contributed by atoms with Crippen LogP contribution in [0.5, 0.6) is 0 Å². The highest BCUT2D eigenvalue weighted by atomic mass is 19.4. The van der Waals surface area contributed by atoms with Gasteiger partial charge in [0.2, 0.25) is 0 Å². The van der Waals surface area contributed by atoms with Gasteiger partial charge in [0.15, 0.2) is 0 Å². The first-order chi connectivity index (χ1) is 8.38. The standard InChI is InChI=1S/C13H13F3N2/c1-8(2)10-4-5-11(18-10)9-3-6-12(17-7-9)13(14,15)16/h3,5-8H,4H2,1-2H3. The Bertz CT molecular complexity index is 496. The van der Waals surface area contributed by atoms with Crippen LogP contribution in [-0.4, -0.2) is 10.7 Å². The van der Waals surface area contributed by atoms with Gasteiger partial charge < -0.3 is 0 Å². The van der Waals surface area contributed by atoms with E-state index in [1.807, 2.05) is 19.9 Å². The summed E-state index contributed by atoms with van der Waals surface area (Å²) in [4.78, 5) is 7.84. The van der Waals surface area contributed by atoms with E-state index in [-0.39, 0.29) is 0 Å². The molecule has 1 aliphatic heterocycles. The van der Waals surface area contributed by atoms with Gasteiger partial charge in [-0.2, -0.15) is 13.2 Å². The Kier molecular flexibility index (Phi) is 3.24. The molecule has 0 saturated heterocycles. The third-order valence-electron chi connectivity index (χ3n) is 2.78. The van der Waals surface area contributed by atoms with Crippen molar-refractivity contribution in [2.75, 3.05) is 0 Å². The molecule has 0 bridgehead atoms. The number of rotatable bonds is 2. The van der Waals surface area contributed by atoms with Gasteiger partial charge in [0.1, 0.15) is 5.69 Å². The molecule has 0 spiro atoms. The molecular formula is C13H13F3N2. The van der Waals surface area contributed by atoms with Gasteiger partial charge in [-0.3, -0.25) is 9.98 Å². The highest BCUT2D eigenvalue weighted by Gasteiger charge is 2.32. The number of aliphatic imine (C=N–C) groups is 1. The minimum Gasteiger partial charge on any atom is -0.257 e. The lowest BCUT2D eigenvalue weighted by atomic mass is 10.1. The fourth-order valence-corrected chi connectivity index (χ4v) is 1.71. The topological polar surface area (TPSA) is 25.2 Å². The van der Waals surface area contributed by atoms with E-state index < -0.39 is 11.9 Å². The smallest absolute Gasteiger partial charge is 0.257 e. The van der Waals surface area contributed by atoms with Gasteiger partial charge in [-0.15, -0.1) is 0 Å². The van der Waals surface area contributed by atoms with Crippen LogP contribution in [0.25, 0.3) is 5.70 Å². The van der Waals surface area contributed by atoms with Crippen LogP contribution in [0.3, 0.4) is 0 Å². The summed E-state index contributed by atoms with van der Waals surface area (Å²) < 4.78 is 37.1. The number of allylic oxidation sites excluding steroid dienone is 1. The number of alkyl halides is 3. The van der Waals surface area contributed by atoms with Crippen LogP contribution in [0.15, 0.2) is 29.4 Å². The molecule has 2 nitrogen and oxygen atoms in total. The minimum atomic E-state index is -4.39. The van der Waals surface area contributed by atoms with Crippen molar-refractivity contribution in [1.82, 2.24) is 4.98 Å². The fourth-order valence-electron chi connectivity index (χ4n) is 1.71. The molecule has 96 valence electrons. The van der Waals surface area contributed by atoms with E-state index in [9.17, 15) is 13.2 Å². The van der Waals surface area contributed by atoms with Gasteiger partial charge >= 0.3 is 6.18 Å². The van der Waals surface area contributed by atoms with Crippen LogP contribution in [-0.2, 0) is 6.18 Å². The predicted octanol–water partition coefficient (Wildman–Crippen LogP) is 3.94. The molecule has 1 aliphatic rings. The normalized spacial score (nSPS) is 15.9. The van der Waals surface area contributed by atoms with E-state index in [0.717, 1.165) is 18.2 Å². The van der Waals surface area contributed by atoms with Crippen molar-refractivity contribution >= 4 is 11.4 Å². The molecule has 0 atom stereocenters. The second-order valence-electron chi connectivity index (χ2n) is 4.48. The van der Waals surface area contributed by atoms with Gasteiger partial charge in [0.05, 0.1) is 5.70 Å². The number of nitrogens with zero attached hydrogens (tertiary/aromatic N) is 2. The average molecular weight is 254 g/mol. The van der Waals surface area contributed by atoms with Crippen molar-refractivity contribution in [1.29, 1.82) is 0 Å². The zero-order chi connectivity index (χ0) is 13.3. The van der Waals surface area contributed by atoms with E-state index in [1.165, 1.54) is 12.3 Å². The van der Waals surface area contributed by atoms with Crippen LogP contribution in [0, 0.1) is 5.92 Å². The Balaban J connectivity index is 2.22. The van der Waals surface area contributed by atoms with Gasteiger partial charge in [-0.05, 0) is 18.1 Å². The molecule has 0 aliphatic carbocycles. The number of hydrogen-bond acceptors (Lipinski definition) is 2. The lowest BCUT2D eigenvalue weighted by molar-refractivity contribution is -0.141. The van der Waals surface area contributed by atoms with Gasteiger partial charge in [0, 0.05) is 23.9 Å². The lowest BCUT2D eigenvalue weighted by Gasteiger charge is -2.06. The third-order valence-corrected chi connectivity index (χ3v) is 2.78. The Hall–Kier alpha value is -1.65. The van der Waals surface area contributed by atoms with Crippen molar-refractivity contribution < 1.29 is 13.2 Å². The molecule has 2 heterocycles. The molecule has 0 radical (unpaired) electrons. The Labute approximate surface area is 103 Å². The largest absolute Gasteiger partial charge is 0.433 e. The summed E-state index contributed by atoms with van der Waals surface area (Å²) in [6.07, 6.45) is -0.496. The summed E-state index contributed by atoms with van der Waals surface area (Å²) in [5.41, 5.74) is 1.50. The predicted molar refractivity (Wildman–Crippen MR) is 64.1 cm³/mol. The highest BCUT2D eigenvalue weighted by molar-refractivity contribution is 5.96. The van der Waals surface area contributed by atoms with Crippen molar-refractivity contribution in [3.05, 3.63) is 35.7 Å². The number of hydrogen-bond donors (Lipinski definition) is 0. The Morgan fingerprint density at radius 1 is 1.22 bits per heavy atom. The summed E-state index contributed by atoms with van der Waals surface area (Å²) in [7, 11) is 0. The second-order valence-corrected chi connectivity index (χ2v) is 4.48. The van der Waals surface area contributed by atoms with Crippen molar-refractivity contribution in [3.8, 4) is 0 Å². The molecular weight excluding hydrogens is 241 g/mol. The molecule has 1 aromatic rings. The second kappa shape index (κ2) is 4.55. The van der Waals surface area contributed by atoms with Crippen LogP contribution in [0.2, 0.25) is 0 Å². The summed E-state index contributed by atoms with van der Waals surface area (Å²) in [5, 5.41) is 0. The molecule has 0 aromatic carbocycles. The summed E-state index contributed by atoms with van der Waals surface area (Å²) in [6.45, 7) is 4.08. The van der Waals surface area contributed by atoms with Crippen molar-refractivity contribution in [2.45, 2.75) is 26.4 Å². The van der Waals surface area contributed by atoms with E-state index in [4.69, 9.17) is 0 Å². The maximum absolute atomic E-state index is 12.4. The molecule has 0 N–H and O–H groups in total. The first-order valence-electron chi connectivity index (χ1n) is 5.69. The molecule has 18 heavy (non-hydrogen) atoms. The number of aromatic nitrogens is 1. The lowest BCUT2D eigenvalue weighted by Crippen LogP contribution is -2.07. The monoisotopic (exact) mass is 254 g/mol. The summed E-state index contributed by atoms with van der Waals surface area (Å²) >= 11 is 0. The summed E-state index contributed by atoms with van der Waals surface area (Å²) in [6, 6.07) is 2.40. The first kappa shape index (κ1) is 12.8. The molecule has 0 amide bonds. The molecule has 2 rings (SSSR count). The molecule has 1 aromatic heterocycles. The molecule has 0 unspecified atom stereocenters. The van der Waals surface area contributed by atoms with Crippen molar-refractivity contribution in [3.63, 3.8) is 0 Å². The zero-order valence-electron chi connectivity index (χ0n) is 10.1.